The number of alkyl halides is 1. The van der Waals surface area contributed by atoms with Crippen molar-refractivity contribution in [1.29, 1.82) is 0 Å². The summed E-state index contributed by atoms with van der Waals surface area (Å²) in [5.74, 6) is 1.38. The van der Waals surface area contributed by atoms with Gasteiger partial charge in [-0.2, -0.15) is 0 Å². The van der Waals surface area contributed by atoms with Gasteiger partial charge in [0.15, 0.2) is 0 Å². The molecule has 0 aliphatic rings. The molecule has 0 radical (unpaired) electrons. The Bertz CT molecular complexity index is 345. The van der Waals surface area contributed by atoms with Crippen LogP contribution in [0.2, 0.25) is 0 Å². The Labute approximate surface area is 115 Å². The van der Waals surface area contributed by atoms with Gasteiger partial charge in [-0.1, -0.05) is 19.9 Å². The monoisotopic (exact) mass is 270 g/mol. The van der Waals surface area contributed by atoms with Crippen LogP contribution in [0, 0.1) is 5.41 Å². The third kappa shape index (κ3) is 3.85. The van der Waals surface area contributed by atoms with Crippen molar-refractivity contribution in [1.82, 2.24) is 10.3 Å². The standard InChI is InChI=1S/C14H23ClN2O/c1-4-14(5-2,10-15)11-16-9-12-7-6-8-17-13(12)18-3/h6-8,16H,4-5,9-11H2,1-3H3. The van der Waals surface area contributed by atoms with E-state index in [4.69, 9.17) is 16.3 Å². The molecule has 0 unspecified atom stereocenters. The molecule has 0 atom stereocenters. The van der Waals surface area contributed by atoms with E-state index in [1.54, 1.807) is 13.3 Å². The molecule has 3 nitrogen and oxygen atoms in total. The number of nitrogens with one attached hydrogen (secondary N) is 1. The van der Waals surface area contributed by atoms with Crippen LogP contribution in [0.5, 0.6) is 5.88 Å². The van der Waals surface area contributed by atoms with Crippen LogP contribution < -0.4 is 10.1 Å². The molecule has 0 amide bonds. The van der Waals surface area contributed by atoms with Crippen LogP contribution in [0.3, 0.4) is 0 Å². The van der Waals surface area contributed by atoms with Crippen molar-refractivity contribution in [3.63, 3.8) is 0 Å². The SMILES string of the molecule is CCC(CC)(CCl)CNCc1cccnc1OC. The van der Waals surface area contributed by atoms with Crippen LogP contribution in [0.25, 0.3) is 0 Å². The molecular formula is C14H23ClN2O. The van der Waals surface area contributed by atoms with Gasteiger partial charge in [-0.25, -0.2) is 4.98 Å². The first kappa shape index (κ1) is 15.3. The second-order valence-corrected chi connectivity index (χ2v) is 4.88. The first-order chi connectivity index (χ1) is 8.71. The van der Waals surface area contributed by atoms with Crippen molar-refractivity contribution < 1.29 is 4.74 Å². The molecule has 0 fully saturated rings. The van der Waals surface area contributed by atoms with Gasteiger partial charge in [0.05, 0.1) is 7.11 Å². The van der Waals surface area contributed by atoms with E-state index in [2.05, 4.69) is 24.1 Å². The molecule has 0 bridgehead atoms. The van der Waals surface area contributed by atoms with Gasteiger partial charge in [-0.05, 0) is 24.3 Å². The normalized spacial score (nSPS) is 11.6. The number of nitrogens with zero attached hydrogens (tertiary/aromatic N) is 1. The Morgan fingerprint density at radius 3 is 2.67 bits per heavy atom. The minimum Gasteiger partial charge on any atom is -0.481 e. The average Bonchev–Trinajstić information content (AvgIpc) is 2.44. The Balaban J connectivity index is 2.55. The molecule has 1 aromatic rings. The molecule has 102 valence electrons. The number of aromatic nitrogens is 1. The first-order valence-electron chi connectivity index (χ1n) is 6.46. The van der Waals surface area contributed by atoms with Crippen molar-refractivity contribution in [2.45, 2.75) is 33.2 Å². The number of hydrogen-bond donors (Lipinski definition) is 1. The van der Waals surface area contributed by atoms with E-state index in [1.165, 1.54) is 0 Å². The molecule has 1 heterocycles. The highest BCUT2D eigenvalue weighted by atomic mass is 35.5. The lowest BCUT2D eigenvalue weighted by Gasteiger charge is -2.29. The van der Waals surface area contributed by atoms with E-state index >= 15 is 0 Å². The summed E-state index contributed by atoms with van der Waals surface area (Å²) in [5, 5.41) is 3.47. The van der Waals surface area contributed by atoms with Crippen molar-refractivity contribution in [2.75, 3.05) is 19.5 Å². The Hall–Kier alpha value is -0.800. The molecule has 1 rings (SSSR count). The lowest BCUT2D eigenvalue weighted by molar-refractivity contribution is 0.285. The number of rotatable bonds is 8. The maximum atomic E-state index is 6.09. The zero-order chi connectivity index (χ0) is 13.4. The maximum Gasteiger partial charge on any atom is 0.217 e. The highest BCUT2D eigenvalue weighted by Gasteiger charge is 2.24. The van der Waals surface area contributed by atoms with Crippen LogP contribution in [0.15, 0.2) is 18.3 Å². The predicted molar refractivity (Wildman–Crippen MR) is 76.2 cm³/mol. The molecule has 0 aliphatic heterocycles. The van der Waals surface area contributed by atoms with Crippen molar-refractivity contribution >= 4 is 11.6 Å². The summed E-state index contributed by atoms with van der Waals surface area (Å²) in [7, 11) is 1.65. The second-order valence-electron chi connectivity index (χ2n) is 4.62. The number of halogens is 1. The van der Waals surface area contributed by atoms with E-state index in [0.717, 1.165) is 31.5 Å². The molecule has 1 aromatic heterocycles. The van der Waals surface area contributed by atoms with Crippen LogP contribution in [0.1, 0.15) is 32.3 Å². The summed E-state index contributed by atoms with van der Waals surface area (Å²) >= 11 is 6.09. The van der Waals surface area contributed by atoms with Crippen molar-refractivity contribution in [3.05, 3.63) is 23.9 Å². The third-order valence-electron chi connectivity index (χ3n) is 3.64. The van der Waals surface area contributed by atoms with Crippen molar-refractivity contribution in [3.8, 4) is 5.88 Å². The van der Waals surface area contributed by atoms with Gasteiger partial charge in [0.2, 0.25) is 5.88 Å². The van der Waals surface area contributed by atoms with Crippen LogP contribution in [-0.2, 0) is 6.54 Å². The quantitative estimate of drug-likeness (QED) is 0.737. The lowest BCUT2D eigenvalue weighted by Crippen LogP contribution is -2.34. The molecule has 0 saturated heterocycles. The smallest absolute Gasteiger partial charge is 0.217 e. The van der Waals surface area contributed by atoms with Crippen LogP contribution >= 0.6 is 11.6 Å². The average molecular weight is 271 g/mol. The van der Waals surface area contributed by atoms with E-state index in [9.17, 15) is 0 Å². The fourth-order valence-electron chi connectivity index (χ4n) is 1.94. The Morgan fingerprint density at radius 2 is 2.11 bits per heavy atom. The summed E-state index contributed by atoms with van der Waals surface area (Å²) in [4.78, 5) is 4.18. The first-order valence-corrected chi connectivity index (χ1v) is 6.99. The molecule has 0 aromatic carbocycles. The molecular weight excluding hydrogens is 248 g/mol. The molecule has 4 heteroatoms. The zero-order valence-electron chi connectivity index (χ0n) is 11.5. The fraction of sp³-hybridized carbons (Fsp3) is 0.643. The Morgan fingerprint density at radius 1 is 1.39 bits per heavy atom. The third-order valence-corrected chi connectivity index (χ3v) is 4.21. The topological polar surface area (TPSA) is 34.2 Å². The molecule has 18 heavy (non-hydrogen) atoms. The fourth-order valence-corrected chi connectivity index (χ4v) is 2.41. The van der Waals surface area contributed by atoms with E-state index < -0.39 is 0 Å². The Kier molecular flexibility index (Phi) is 6.44. The van der Waals surface area contributed by atoms with E-state index in [1.807, 2.05) is 12.1 Å². The summed E-state index contributed by atoms with van der Waals surface area (Å²) in [6.07, 6.45) is 3.91. The second kappa shape index (κ2) is 7.59. The maximum absolute atomic E-state index is 6.09. The number of ether oxygens (including phenoxy) is 1. The lowest BCUT2D eigenvalue weighted by atomic mass is 9.84. The van der Waals surface area contributed by atoms with E-state index in [0.29, 0.717) is 11.8 Å². The van der Waals surface area contributed by atoms with Gasteiger partial charge in [0.25, 0.3) is 0 Å². The highest BCUT2D eigenvalue weighted by Crippen LogP contribution is 2.27. The van der Waals surface area contributed by atoms with Gasteiger partial charge in [-0.15, -0.1) is 11.6 Å². The van der Waals surface area contributed by atoms with Gasteiger partial charge in [0.1, 0.15) is 0 Å². The van der Waals surface area contributed by atoms with Gasteiger partial charge >= 0.3 is 0 Å². The van der Waals surface area contributed by atoms with E-state index in [-0.39, 0.29) is 5.41 Å². The summed E-state index contributed by atoms with van der Waals surface area (Å²) in [5.41, 5.74) is 1.27. The number of methoxy groups -OCH3 is 1. The summed E-state index contributed by atoms with van der Waals surface area (Å²) < 4.78 is 5.23. The molecule has 0 spiro atoms. The van der Waals surface area contributed by atoms with Gasteiger partial charge in [0, 0.05) is 30.7 Å². The predicted octanol–water partition coefficient (Wildman–Crippen LogP) is 3.23. The van der Waals surface area contributed by atoms with Crippen LogP contribution in [-0.4, -0.2) is 24.5 Å². The molecule has 0 saturated carbocycles. The summed E-state index contributed by atoms with van der Waals surface area (Å²) in [6, 6.07) is 3.95. The number of hydrogen-bond acceptors (Lipinski definition) is 3. The van der Waals surface area contributed by atoms with Crippen LogP contribution in [0.4, 0.5) is 0 Å². The minimum atomic E-state index is 0.191. The zero-order valence-corrected chi connectivity index (χ0v) is 12.3. The molecule has 0 aliphatic carbocycles. The highest BCUT2D eigenvalue weighted by molar-refractivity contribution is 6.18. The van der Waals surface area contributed by atoms with Gasteiger partial charge < -0.3 is 10.1 Å². The largest absolute Gasteiger partial charge is 0.481 e. The summed E-state index contributed by atoms with van der Waals surface area (Å²) in [6.45, 7) is 6.06. The number of pyridine rings is 1. The minimum absolute atomic E-state index is 0.191. The van der Waals surface area contributed by atoms with Gasteiger partial charge in [-0.3, -0.25) is 0 Å². The molecule has 1 N–H and O–H groups in total. The van der Waals surface area contributed by atoms with Crippen molar-refractivity contribution in [2.24, 2.45) is 5.41 Å².